The molecule has 0 fully saturated rings. The predicted molar refractivity (Wildman–Crippen MR) is 95.4 cm³/mol. The number of benzene rings is 1. The number of hydrogen-bond acceptors (Lipinski definition) is 4. The van der Waals surface area contributed by atoms with Crippen LogP contribution in [0.3, 0.4) is 0 Å². The van der Waals surface area contributed by atoms with Gasteiger partial charge in [-0.15, -0.1) is 0 Å². The van der Waals surface area contributed by atoms with E-state index in [0.717, 1.165) is 22.6 Å². The number of carbonyl (C=O) groups excluding carboxylic acids is 2. The lowest BCUT2D eigenvalue weighted by Gasteiger charge is -2.30. The SMILES string of the molecule is C=C1C(=O)N(CCC#N)C(=O)c2ccc(N(C)C)c(/C=C\CC)c21. The Morgan fingerprint density at radius 1 is 1.29 bits per heavy atom. The van der Waals surface area contributed by atoms with Gasteiger partial charge in [0.1, 0.15) is 0 Å². The maximum Gasteiger partial charge on any atom is 0.261 e. The van der Waals surface area contributed by atoms with Crippen LogP contribution in [0.15, 0.2) is 24.8 Å². The Morgan fingerprint density at radius 2 is 2.00 bits per heavy atom. The molecule has 1 aliphatic heterocycles. The quantitative estimate of drug-likeness (QED) is 0.617. The number of amides is 2. The number of nitriles is 1. The van der Waals surface area contributed by atoms with E-state index in [2.05, 4.69) is 6.58 Å². The fourth-order valence-corrected chi connectivity index (χ4v) is 2.78. The van der Waals surface area contributed by atoms with Gasteiger partial charge in [-0.25, -0.2) is 0 Å². The second-order valence-corrected chi connectivity index (χ2v) is 5.77. The molecular weight excluding hydrogens is 302 g/mol. The molecule has 5 nitrogen and oxygen atoms in total. The third-order valence-electron chi connectivity index (χ3n) is 3.95. The van der Waals surface area contributed by atoms with E-state index >= 15 is 0 Å². The van der Waals surface area contributed by atoms with Gasteiger partial charge >= 0.3 is 0 Å². The van der Waals surface area contributed by atoms with Gasteiger partial charge in [-0.2, -0.15) is 5.26 Å². The molecule has 1 aliphatic rings. The Morgan fingerprint density at radius 3 is 2.58 bits per heavy atom. The fraction of sp³-hybridized carbons (Fsp3) is 0.316. The van der Waals surface area contributed by atoms with Crippen molar-refractivity contribution in [1.29, 1.82) is 5.26 Å². The van der Waals surface area contributed by atoms with Crippen LogP contribution in [-0.4, -0.2) is 37.4 Å². The van der Waals surface area contributed by atoms with Gasteiger partial charge in [0.15, 0.2) is 0 Å². The van der Waals surface area contributed by atoms with Crippen molar-refractivity contribution >= 4 is 29.2 Å². The molecule has 1 aromatic rings. The van der Waals surface area contributed by atoms with Crippen molar-refractivity contribution in [3.8, 4) is 6.07 Å². The fourth-order valence-electron chi connectivity index (χ4n) is 2.78. The molecule has 0 saturated carbocycles. The van der Waals surface area contributed by atoms with E-state index in [0.29, 0.717) is 16.7 Å². The van der Waals surface area contributed by atoms with E-state index in [1.54, 1.807) is 6.07 Å². The normalized spacial score (nSPS) is 14.1. The highest BCUT2D eigenvalue weighted by Crippen LogP contribution is 2.36. The number of carbonyl (C=O) groups is 2. The van der Waals surface area contributed by atoms with Crippen molar-refractivity contribution in [1.82, 2.24) is 4.90 Å². The highest BCUT2D eigenvalue weighted by Gasteiger charge is 2.35. The van der Waals surface area contributed by atoms with Crippen molar-refractivity contribution in [2.45, 2.75) is 19.8 Å². The summed E-state index contributed by atoms with van der Waals surface area (Å²) in [5.41, 5.74) is 3.09. The average molecular weight is 323 g/mol. The van der Waals surface area contributed by atoms with Crippen LogP contribution in [0.2, 0.25) is 0 Å². The lowest BCUT2D eigenvalue weighted by atomic mass is 9.88. The van der Waals surface area contributed by atoms with Crippen molar-refractivity contribution < 1.29 is 9.59 Å². The molecule has 24 heavy (non-hydrogen) atoms. The van der Waals surface area contributed by atoms with Crippen LogP contribution < -0.4 is 4.90 Å². The topological polar surface area (TPSA) is 64.4 Å². The summed E-state index contributed by atoms with van der Waals surface area (Å²) in [7, 11) is 3.83. The Balaban J connectivity index is 2.66. The Kier molecular flexibility index (Phi) is 5.20. The van der Waals surface area contributed by atoms with Gasteiger partial charge in [-0.05, 0) is 18.6 Å². The van der Waals surface area contributed by atoms with Crippen molar-refractivity contribution in [2.24, 2.45) is 0 Å². The first-order chi connectivity index (χ1) is 11.4. The second kappa shape index (κ2) is 7.14. The molecule has 0 aliphatic carbocycles. The standard InChI is InChI=1S/C19H21N3O2/c1-5-6-8-14-16(21(3)4)10-9-15-17(14)13(2)18(23)22(19(15)24)12-7-11-20/h6,8-10H,2,5,7,12H2,1,3-4H3/b8-6-. The summed E-state index contributed by atoms with van der Waals surface area (Å²) in [4.78, 5) is 28.3. The highest BCUT2D eigenvalue weighted by molar-refractivity contribution is 6.31. The maximum atomic E-state index is 12.7. The minimum absolute atomic E-state index is 0.0855. The van der Waals surface area contributed by atoms with Crippen LogP contribution in [-0.2, 0) is 4.79 Å². The monoisotopic (exact) mass is 323 g/mol. The molecule has 0 bridgehead atoms. The Hall–Kier alpha value is -2.87. The van der Waals surface area contributed by atoms with Crippen LogP contribution in [0.25, 0.3) is 11.6 Å². The van der Waals surface area contributed by atoms with Gasteiger partial charge in [0, 0.05) is 48.6 Å². The summed E-state index contributed by atoms with van der Waals surface area (Å²) >= 11 is 0. The number of rotatable bonds is 5. The van der Waals surface area contributed by atoms with Crippen LogP contribution in [0.4, 0.5) is 5.69 Å². The summed E-state index contributed by atoms with van der Waals surface area (Å²) in [5, 5.41) is 8.73. The molecule has 0 saturated heterocycles. The molecular formula is C19H21N3O2. The van der Waals surface area contributed by atoms with E-state index in [-0.39, 0.29) is 18.9 Å². The molecule has 124 valence electrons. The highest BCUT2D eigenvalue weighted by atomic mass is 16.2. The molecule has 2 rings (SSSR count). The van der Waals surface area contributed by atoms with Gasteiger partial charge in [0.05, 0.1) is 12.5 Å². The van der Waals surface area contributed by atoms with Gasteiger partial charge in [-0.1, -0.05) is 25.7 Å². The Bertz CT molecular complexity index is 770. The smallest absolute Gasteiger partial charge is 0.261 e. The zero-order valence-corrected chi connectivity index (χ0v) is 14.3. The van der Waals surface area contributed by atoms with Crippen LogP contribution in [0, 0.1) is 11.3 Å². The summed E-state index contributed by atoms with van der Waals surface area (Å²) in [6.07, 6.45) is 4.88. The zero-order valence-electron chi connectivity index (χ0n) is 14.3. The van der Waals surface area contributed by atoms with Crippen LogP contribution in [0.1, 0.15) is 41.3 Å². The number of anilines is 1. The van der Waals surface area contributed by atoms with E-state index in [1.165, 1.54) is 0 Å². The first kappa shape index (κ1) is 17.5. The number of fused-ring (bicyclic) bond motifs is 1. The van der Waals surface area contributed by atoms with Gasteiger partial charge in [0.2, 0.25) is 0 Å². The molecule has 0 unspecified atom stereocenters. The second-order valence-electron chi connectivity index (χ2n) is 5.77. The van der Waals surface area contributed by atoms with Crippen LogP contribution >= 0.6 is 0 Å². The molecule has 2 amide bonds. The van der Waals surface area contributed by atoms with Crippen molar-refractivity contribution in [3.05, 3.63) is 41.5 Å². The van der Waals surface area contributed by atoms with E-state index in [4.69, 9.17) is 5.26 Å². The minimum Gasteiger partial charge on any atom is -0.377 e. The van der Waals surface area contributed by atoms with E-state index < -0.39 is 5.91 Å². The van der Waals surface area contributed by atoms with Crippen molar-refractivity contribution in [3.63, 3.8) is 0 Å². The molecule has 1 aromatic carbocycles. The first-order valence-corrected chi connectivity index (χ1v) is 7.87. The molecule has 5 heteroatoms. The van der Waals surface area contributed by atoms with Gasteiger partial charge < -0.3 is 4.90 Å². The average Bonchev–Trinajstić information content (AvgIpc) is 2.56. The lowest BCUT2D eigenvalue weighted by molar-refractivity contribution is -0.122. The summed E-state index contributed by atoms with van der Waals surface area (Å²) in [6, 6.07) is 5.57. The molecule has 0 radical (unpaired) electrons. The predicted octanol–water partition coefficient (Wildman–Crippen LogP) is 3.09. The Labute approximate surface area is 142 Å². The maximum absolute atomic E-state index is 12.7. The van der Waals surface area contributed by atoms with E-state index in [1.807, 2.05) is 50.2 Å². The largest absolute Gasteiger partial charge is 0.377 e. The van der Waals surface area contributed by atoms with Crippen molar-refractivity contribution in [2.75, 3.05) is 25.5 Å². The molecule has 0 aromatic heterocycles. The third kappa shape index (κ3) is 2.95. The van der Waals surface area contributed by atoms with Gasteiger partial charge in [0.25, 0.3) is 11.8 Å². The van der Waals surface area contributed by atoms with Crippen LogP contribution in [0.5, 0.6) is 0 Å². The molecule has 0 spiro atoms. The number of hydrogen-bond donors (Lipinski definition) is 0. The third-order valence-corrected chi connectivity index (χ3v) is 3.95. The summed E-state index contributed by atoms with van der Waals surface area (Å²) in [5.74, 6) is -0.793. The number of imide groups is 1. The summed E-state index contributed by atoms with van der Waals surface area (Å²) < 4.78 is 0. The van der Waals surface area contributed by atoms with E-state index in [9.17, 15) is 9.59 Å². The lowest BCUT2D eigenvalue weighted by Crippen LogP contribution is -2.42. The summed E-state index contributed by atoms with van der Waals surface area (Å²) in [6.45, 7) is 6.03. The first-order valence-electron chi connectivity index (χ1n) is 7.87. The molecule has 0 N–H and O–H groups in total. The minimum atomic E-state index is -0.426. The number of allylic oxidation sites excluding steroid dienone is 1. The molecule has 1 heterocycles. The zero-order chi connectivity index (χ0) is 17.9. The van der Waals surface area contributed by atoms with Gasteiger partial charge in [-0.3, -0.25) is 14.5 Å². The number of nitrogens with zero attached hydrogens (tertiary/aromatic N) is 3. The molecule has 0 atom stereocenters.